The van der Waals surface area contributed by atoms with Gasteiger partial charge in [-0.3, -0.25) is 9.97 Å². The summed E-state index contributed by atoms with van der Waals surface area (Å²) >= 11 is 3.20. The zero-order valence-electron chi connectivity index (χ0n) is 25.6. The Morgan fingerprint density at radius 3 is 1.38 bits per heavy atom. The van der Waals surface area contributed by atoms with E-state index in [0.717, 1.165) is 77.7 Å². The number of hydrogen-bond donors (Lipinski definition) is 0. The van der Waals surface area contributed by atoms with Crippen molar-refractivity contribution in [1.82, 2.24) is 19.9 Å². The van der Waals surface area contributed by atoms with E-state index in [4.69, 9.17) is 9.97 Å². The molecule has 9 rings (SSSR count). The number of hydrogen-bond acceptors (Lipinski definition) is 6. The van der Waals surface area contributed by atoms with Crippen molar-refractivity contribution in [3.05, 3.63) is 156 Å². The molecule has 0 saturated heterocycles. The van der Waals surface area contributed by atoms with Crippen molar-refractivity contribution < 1.29 is 0 Å². The Kier molecular flexibility index (Phi) is 7.15. The van der Waals surface area contributed by atoms with E-state index in [-0.39, 0.29) is 0 Å². The fourth-order valence-corrected chi connectivity index (χ4v) is 7.68. The molecule has 6 heteroatoms. The highest BCUT2D eigenvalue weighted by molar-refractivity contribution is 7.08. The van der Waals surface area contributed by atoms with Crippen LogP contribution < -0.4 is 0 Å². The van der Waals surface area contributed by atoms with Crippen molar-refractivity contribution in [3.8, 4) is 67.3 Å². The first kappa shape index (κ1) is 28.4. The molecule has 226 valence electrons. The Morgan fingerprint density at radius 1 is 0.333 bits per heavy atom. The molecule has 0 unspecified atom stereocenters. The first-order chi connectivity index (χ1) is 23.8. The SMILES string of the molecule is c1ccc(-c2ccc(-c3ccc4c(-c5cc(-c6cscn6)ccn5)c5ccccc5c(-c5cc(-c6cscn6)ccn5)c4c3)cc2)cc1. The molecule has 0 atom stereocenters. The highest BCUT2D eigenvalue weighted by Crippen LogP contribution is 2.45. The highest BCUT2D eigenvalue weighted by atomic mass is 32.1. The van der Waals surface area contributed by atoms with Gasteiger partial charge in [0.2, 0.25) is 0 Å². The maximum atomic E-state index is 4.97. The molecule has 0 N–H and O–H groups in total. The van der Waals surface area contributed by atoms with Crippen LogP contribution >= 0.6 is 22.7 Å². The van der Waals surface area contributed by atoms with Crippen LogP contribution in [0.25, 0.3) is 88.8 Å². The van der Waals surface area contributed by atoms with Gasteiger partial charge in [0.1, 0.15) is 0 Å². The fraction of sp³-hybridized carbons (Fsp3) is 0. The zero-order valence-corrected chi connectivity index (χ0v) is 27.2. The molecule has 5 aromatic carbocycles. The molecule has 0 amide bonds. The van der Waals surface area contributed by atoms with Crippen LogP contribution in [0.1, 0.15) is 0 Å². The number of aromatic nitrogens is 4. The van der Waals surface area contributed by atoms with Crippen molar-refractivity contribution in [3.63, 3.8) is 0 Å². The third-order valence-corrected chi connectivity index (χ3v) is 10.0. The summed E-state index contributed by atoms with van der Waals surface area (Å²) in [6.45, 7) is 0. The Morgan fingerprint density at radius 2 is 0.812 bits per heavy atom. The van der Waals surface area contributed by atoms with Gasteiger partial charge in [-0.1, -0.05) is 91.0 Å². The number of pyridine rings is 2. The van der Waals surface area contributed by atoms with E-state index in [1.54, 1.807) is 22.7 Å². The Bertz CT molecular complexity index is 2540. The van der Waals surface area contributed by atoms with Crippen LogP contribution in [0, 0.1) is 0 Å². The Hall–Kier alpha value is -5.82. The normalized spacial score (nSPS) is 11.3. The number of rotatable bonds is 6. The predicted molar refractivity (Wildman–Crippen MR) is 201 cm³/mol. The lowest BCUT2D eigenvalue weighted by molar-refractivity contribution is 1.31. The van der Waals surface area contributed by atoms with Gasteiger partial charge in [-0.2, -0.15) is 0 Å². The van der Waals surface area contributed by atoms with Crippen LogP contribution in [0.15, 0.2) is 156 Å². The lowest BCUT2D eigenvalue weighted by Gasteiger charge is -2.18. The average molecular weight is 651 g/mol. The van der Waals surface area contributed by atoms with Gasteiger partial charge in [0.05, 0.1) is 33.8 Å². The first-order valence-corrected chi connectivity index (χ1v) is 17.5. The summed E-state index contributed by atoms with van der Waals surface area (Å²) in [5, 5.41) is 8.66. The molecule has 0 aliphatic heterocycles. The van der Waals surface area contributed by atoms with Crippen molar-refractivity contribution in [1.29, 1.82) is 0 Å². The number of nitrogens with zero attached hydrogens (tertiary/aromatic N) is 4. The standard InChI is InChI=1S/C42H26N4S2/c1-2-6-27(7-3-1)28-10-12-29(13-11-28)30-14-15-35-36(20-30)42(38-22-32(17-19-44-38)40-24-48-26-46-40)34-9-5-4-8-33(34)41(35)37-21-31(16-18-43-37)39-23-47-25-45-39/h1-26H. The van der Waals surface area contributed by atoms with Crippen molar-refractivity contribution in [2.45, 2.75) is 0 Å². The molecule has 48 heavy (non-hydrogen) atoms. The summed E-state index contributed by atoms with van der Waals surface area (Å²) in [5.41, 5.74) is 16.5. The largest absolute Gasteiger partial charge is 0.256 e. The molecule has 9 aromatic rings. The van der Waals surface area contributed by atoms with E-state index >= 15 is 0 Å². The molecule has 0 spiro atoms. The van der Waals surface area contributed by atoms with Gasteiger partial charge in [0.25, 0.3) is 0 Å². The second-order valence-electron chi connectivity index (χ2n) is 11.6. The van der Waals surface area contributed by atoms with E-state index in [1.165, 1.54) is 11.1 Å². The van der Waals surface area contributed by atoms with E-state index in [1.807, 2.05) is 35.5 Å². The van der Waals surface area contributed by atoms with E-state index in [2.05, 4.69) is 130 Å². The van der Waals surface area contributed by atoms with Crippen LogP contribution in [0.4, 0.5) is 0 Å². The van der Waals surface area contributed by atoms with Crippen molar-refractivity contribution >= 4 is 44.2 Å². The summed E-state index contributed by atoms with van der Waals surface area (Å²) in [7, 11) is 0. The predicted octanol–water partition coefficient (Wildman–Crippen LogP) is 11.7. The van der Waals surface area contributed by atoms with Crippen LogP contribution in [0.3, 0.4) is 0 Å². The third-order valence-electron chi connectivity index (χ3n) is 8.84. The number of thiazole rings is 2. The van der Waals surface area contributed by atoms with Gasteiger partial charge < -0.3 is 0 Å². The Labute approximate surface area is 285 Å². The number of fused-ring (bicyclic) bond motifs is 2. The molecule has 0 bridgehead atoms. The molecule has 0 saturated carbocycles. The summed E-state index contributed by atoms with van der Waals surface area (Å²) in [4.78, 5) is 19.1. The zero-order chi connectivity index (χ0) is 31.9. The average Bonchev–Trinajstić information content (AvgIpc) is 3.90. The maximum Gasteiger partial charge on any atom is 0.0812 e. The minimum Gasteiger partial charge on any atom is -0.256 e. The molecule has 0 radical (unpaired) electrons. The first-order valence-electron chi connectivity index (χ1n) is 15.6. The monoisotopic (exact) mass is 650 g/mol. The van der Waals surface area contributed by atoms with Gasteiger partial charge in [-0.05, 0) is 74.1 Å². The molecule has 0 aliphatic rings. The molecule has 4 aromatic heterocycles. The summed E-state index contributed by atoms with van der Waals surface area (Å²) in [6, 6.07) is 43.1. The fourth-order valence-electron chi connectivity index (χ4n) is 6.56. The second-order valence-corrected chi connectivity index (χ2v) is 13.0. The van der Waals surface area contributed by atoms with Crippen LogP contribution in [-0.4, -0.2) is 19.9 Å². The Balaban J connectivity index is 1.30. The highest BCUT2D eigenvalue weighted by Gasteiger charge is 2.20. The van der Waals surface area contributed by atoms with Crippen LogP contribution in [0.2, 0.25) is 0 Å². The molecule has 4 nitrogen and oxygen atoms in total. The molecular formula is C42H26N4S2. The maximum absolute atomic E-state index is 4.97. The topological polar surface area (TPSA) is 51.6 Å². The molecular weight excluding hydrogens is 625 g/mol. The molecule has 0 fully saturated rings. The van der Waals surface area contributed by atoms with Crippen molar-refractivity contribution in [2.75, 3.05) is 0 Å². The lowest BCUT2D eigenvalue weighted by atomic mass is 9.86. The van der Waals surface area contributed by atoms with Crippen LogP contribution in [0.5, 0.6) is 0 Å². The summed E-state index contributed by atoms with van der Waals surface area (Å²) < 4.78 is 0. The molecule has 0 aliphatic carbocycles. The minimum atomic E-state index is 0.911. The second kappa shape index (κ2) is 12.1. The van der Waals surface area contributed by atoms with E-state index in [0.29, 0.717) is 0 Å². The van der Waals surface area contributed by atoms with Gasteiger partial charge in [-0.25, -0.2) is 9.97 Å². The van der Waals surface area contributed by atoms with E-state index in [9.17, 15) is 0 Å². The molecule has 4 heterocycles. The summed E-state index contributed by atoms with van der Waals surface area (Å²) in [5.74, 6) is 0. The summed E-state index contributed by atoms with van der Waals surface area (Å²) in [6.07, 6.45) is 3.78. The van der Waals surface area contributed by atoms with Gasteiger partial charge in [0.15, 0.2) is 0 Å². The van der Waals surface area contributed by atoms with Gasteiger partial charge in [-0.15, -0.1) is 22.7 Å². The minimum absolute atomic E-state index is 0.911. The van der Waals surface area contributed by atoms with Crippen LogP contribution in [-0.2, 0) is 0 Å². The van der Waals surface area contributed by atoms with Gasteiger partial charge in [0, 0.05) is 45.4 Å². The quantitative estimate of drug-likeness (QED) is 0.168. The van der Waals surface area contributed by atoms with E-state index < -0.39 is 0 Å². The smallest absolute Gasteiger partial charge is 0.0812 e. The lowest BCUT2D eigenvalue weighted by Crippen LogP contribution is -1.95. The third kappa shape index (κ3) is 5.08. The number of benzene rings is 5. The van der Waals surface area contributed by atoms with Gasteiger partial charge >= 0.3 is 0 Å². The van der Waals surface area contributed by atoms with Crippen molar-refractivity contribution in [2.24, 2.45) is 0 Å².